The number of halogens is 2. The van der Waals surface area contributed by atoms with E-state index >= 15 is 0 Å². The number of hydrazone groups is 1. The standard InChI is InChI=1S/C13H16F2N2O2/c1-3-12(13(18)19-4-2)17-16-8-9-5-6-10(14)7-11(9)15/h5-7,16H,3-4,8H2,1-2H3/b17-12+. The first kappa shape index (κ1) is 15.1. The number of ether oxygens (including phenoxy) is 1. The molecular formula is C13H16F2N2O2. The Balaban J connectivity index is 2.62. The molecule has 0 aliphatic rings. The SMILES string of the molecule is CCOC(=O)/C(CC)=N/NCc1ccc(F)cc1F. The summed E-state index contributed by atoms with van der Waals surface area (Å²) in [5.41, 5.74) is 3.07. The highest BCUT2D eigenvalue weighted by Gasteiger charge is 2.10. The highest BCUT2D eigenvalue weighted by molar-refractivity contribution is 6.36. The van der Waals surface area contributed by atoms with Gasteiger partial charge in [0, 0.05) is 11.6 Å². The maximum atomic E-state index is 13.3. The van der Waals surface area contributed by atoms with Gasteiger partial charge in [0.2, 0.25) is 0 Å². The Hall–Kier alpha value is -1.98. The first-order chi connectivity index (χ1) is 9.08. The molecule has 6 heteroatoms. The number of hydrogen-bond acceptors (Lipinski definition) is 4. The number of esters is 1. The monoisotopic (exact) mass is 270 g/mol. The van der Waals surface area contributed by atoms with Crippen molar-refractivity contribution in [2.45, 2.75) is 26.8 Å². The van der Waals surface area contributed by atoms with Crippen LogP contribution in [0.15, 0.2) is 23.3 Å². The van der Waals surface area contributed by atoms with Crippen molar-refractivity contribution in [1.82, 2.24) is 5.43 Å². The van der Waals surface area contributed by atoms with Gasteiger partial charge in [-0.3, -0.25) is 0 Å². The summed E-state index contributed by atoms with van der Waals surface area (Å²) in [6.07, 6.45) is 0.401. The molecule has 0 heterocycles. The summed E-state index contributed by atoms with van der Waals surface area (Å²) in [5, 5.41) is 3.85. The molecule has 1 aromatic carbocycles. The molecule has 1 rings (SSSR count). The molecule has 0 saturated carbocycles. The Morgan fingerprint density at radius 1 is 1.37 bits per heavy atom. The summed E-state index contributed by atoms with van der Waals surface area (Å²) >= 11 is 0. The summed E-state index contributed by atoms with van der Waals surface area (Å²) in [6, 6.07) is 3.28. The molecule has 0 fully saturated rings. The second kappa shape index (κ2) is 7.45. The molecule has 0 spiro atoms. The summed E-state index contributed by atoms with van der Waals surface area (Å²) in [4.78, 5) is 11.4. The summed E-state index contributed by atoms with van der Waals surface area (Å²) < 4.78 is 30.8. The molecule has 0 aliphatic carbocycles. The van der Waals surface area contributed by atoms with Gasteiger partial charge in [-0.25, -0.2) is 13.6 Å². The van der Waals surface area contributed by atoms with Crippen molar-refractivity contribution in [3.05, 3.63) is 35.4 Å². The Labute approximate surface area is 110 Å². The molecule has 0 atom stereocenters. The fraction of sp³-hybridized carbons (Fsp3) is 0.385. The zero-order chi connectivity index (χ0) is 14.3. The highest BCUT2D eigenvalue weighted by Crippen LogP contribution is 2.08. The fourth-order valence-electron chi connectivity index (χ4n) is 1.37. The van der Waals surface area contributed by atoms with Gasteiger partial charge in [-0.2, -0.15) is 5.10 Å². The second-order valence-electron chi connectivity index (χ2n) is 3.70. The fourth-order valence-corrected chi connectivity index (χ4v) is 1.37. The maximum Gasteiger partial charge on any atom is 0.354 e. The van der Waals surface area contributed by atoms with Crippen LogP contribution in [-0.4, -0.2) is 18.3 Å². The predicted molar refractivity (Wildman–Crippen MR) is 67.6 cm³/mol. The van der Waals surface area contributed by atoms with E-state index in [0.29, 0.717) is 6.42 Å². The summed E-state index contributed by atoms with van der Waals surface area (Å²) in [7, 11) is 0. The van der Waals surface area contributed by atoms with Crippen LogP contribution in [-0.2, 0) is 16.1 Å². The van der Waals surface area contributed by atoms with E-state index in [-0.39, 0.29) is 24.4 Å². The lowest BCUT2D eigenvalue weighted by Gasteiger charge is -2.06. The van der Waals surface area contributed by atoms with Gasteiger partial charge in [-0.1, -0.05) is 13.0 Å². The number of rotatable bonds is 6. The van der Waals surface area contributed by atoms with Gasteiger partial charge in [0.05, 0.1) is 13.2 Å². The first-order valence-corrected chi connectivity index (χ1v) is 5.99. The van der Waals surface area contributed by atoms with E-state index in [0.717, 1.165) is 12.1 Å². The van der Waals surface area contributed by atoms with E-state index < -0.39 is 17.6 Å². The van der Waals surface area contributed by atoms with Gasteiger partial charge in [-0.15, -0.1) is 0 Å². The van der Waals surface area contributed by atoms with Crippen LogP contribution in [0.1, 0.15) is 25.8 Å². The summed E-state index contributed by atoms with van der Waals surface area (Å²) in [5.74, 6) is -1.79. The number of nitrogens with one attached hydrogen (secondary N) is 1. The van der Waals surface area contributed by atoms with Crippen LogP contribution in [0.2, 0.25) is 0 Å². The first-order valence-electron chi connectivity index (χ1n) is 5.99. The van der Waals surface area contributed by atoms with Crippen molar-refractivity contribution in [1.29, 1.82) is 0 Å². The number of carbonyl (C=O) groups is 1. The lowest BCUT2D eigenvalue weighted by molar-refractivity contribution is -0.135. The van der Waals surface area contributed by atoms with Crippen LogP contribution in [0.4, 0.5) is 8.78 Å². The molecule has 0 aliphatic heterocycles. The third-order valence-corrected chi connectivity index (χ3v) is 2.34. The van der Waals surface area contributed by atoms with E-state index in [4.69, 9.17) is 4.74 Å². The molecule has 0 unspecified atom stereocenters. The molecule has 19 heavy (non-hydrogen) atoms. The van der Waals surface area contributed by atoms with E-state index in [2.05, 4.69) is 10.5 Å². The van der Waals surface area contributed by atoms with Gasteiger partial charge in [0.25, 0.3) is 0 Å². The second-order valence-corrected chi connectivity index (χ2v) is 3.70. The van der Waals surface area contributed by atoms with Crippen molar-refractivity contribution in [3.63, 3.8) is 0 Å². The zero-order valence-corrected chi connectivity index (χ0v) is 10.9. The Morgan fingerprint density at radius 3 is 2.68 bits per heavy atom. The Kier molecular flexibility index (Phi) is 5.92. The van der Waals surface area contributed by atoms with Crippen LogP contribution in [0.5, 0.6) is 0 Å². The largest absolute Gasteiger partial charge is 0.461 e. The van der Waals surface area contributed by atoms with E-state index in [1.807, 2.05) is 0 Å². The van der Waals surface area contributed by atoms with Crippen LogP contribution < -0.4 is 5.43 Å². The number of nitrogens with zero attached hydrogens (tertiary/aromatic N) is 1. The molecule has 0 bridgehead atoms. The van der Waals surface area contributed by atoms with Gasteiger partial charge >= 0.3 is 5.97 Å². The Morgan fingerprint density at radius 2 is 2.11 bits per heavy atom. The molecule has 1 aromatic rings. The van der Waals surface area contributed by atoms with Gasteiger partial charge in [0.1, 0.15) is 17.3 Å². The maximum absolute atomic E-state index is 13.3. The number of benzene rings is 1. The van der Waals surface area contributed by atoms with Crippen LogP contribution in [0.25, 0.3) is 0 Å². The van der Waals surface area contributed by atoms with Gasteiger partial charge in [0.15, 0.2) is 0 Å². The van der Waals surface area contributed by atoms with Crippen LogP contribution >= 0.6 is 0 Å². The molecule has 0 aromatic heterocycles. The van der Waals surface area contributed by atoms with E-state index in [1.54, 1.807) is 13.8 Å². The minimum atomic E-state index is -0.656. The van der Waals surface area contributed by atoms with Crippen molar-refractivity contribution < 1.29 is 18.3 Å². The van der Waals surface area contributed by atoms with Crippen molar-refractivity contribution >= 4 is 11.7 Å². The van der Waals surface area contributed by atoms with Gasteiger partial charge < -0.3 is 10.2 Å². The third-order valence-electron chi connectivity index (χ3n) is 2.34. The highest BCUT2D eigenvalue weighted by atomic mass is 19.1. The molecule has 0 radical (unpaired) electrons. The molecular weight excluding hydrogens is 254 g/mol. The summed E-state index contributed by atoms with van der Waals surface area (Å²) in [6.45, 7) is 3.79. The average molecular weight is 270 g/mol. The quantitative estimate of drug-likeness (QED) is 0.490. The lowest BCUT2D eigenvalue weighted by Crippen LogP contribution is -2.20. The third kappa shape index (κ3) is 4.65. The van der Waals surface area contributed by atoms with Crippen molar-refractivity contribution in [2.24, 2.45) is 5.10 Å². The minimum absolute atomic E-state index is 0.0645. The number of hydrogen-bond donors (Lipinski definition) is 1. The van der Waals surface area contributed by atoms with Crippen LogP contribution in [0.3, 0.4) is 0 Å². The van der Waals surface area contributed by atoms with Gasteiger partial charge in [-0.05, 0) is 19.4 Å². The zero-order valence-electron chi connectivity index (χ0n) is 10.9. The Bertz CT molecular complexity index is 476. The van der Waals surface area contributed by atoms with Crippen LogP contribution in [0, 0.1) is 11.6 Å². The molecule has 1 N–H and O–H groups in total. The topological polar surface area (TPSA) is 50.7 Å². The normalized spacial score (nSPS) is 11.3. The smallest absolute Gasteiger partial charge is 0.354 e. The van der Waals surface area contributed by atoms with E-state index in [1.165, 1.54) is 6.07 Å². The molecule has 104 valence electrons. The number of carbonyl (C=O) groups excluding carboxylic acids is 1. The van der Waals surface area contributed by atoms with Crippen molar-refractivity contribution in [3.8, 4) is 0 Å². The molecule has 4 nitrogen and oxygen atoms in total. The lowest BCUT2D eigenvalue weighted by atomic mass is 10.2. The molecule has 0 amide bonds. The predicted octanol–water partition coefficient (Wildman–Crippen LogP) is 2.38. The average Bonchev–Trinajstić information content (AvgIpc) is 2.37. The molecule has 0 saturated heterocycles. The van der Waals surface area contributed by atoms with Crippen molar-refractivity contribution in [2.75, 3.05) is 6.61 Å². The van der Waals surface area contributed by atoms with E-state index in [9.17, 15) is 13.6 Å². The minimum Gasteiger partial charge on any atom is -0.461 e.